The van der Waals surface area contributed by atoms with E-state index < -0.39 is 8.80 Å². The maximum Gasteiger partial charge on any atom is 0.108 e. The molecule has 0 N–H and O–H groups in total. The molecular weight excluding hydrogens is 402 g/mol. The number of aromatic nitrogens is 2. The lowest BCUT2D eigenvalue weighted by molar-refractivity contribution is 0.756. The second-order valence-electron chi connectivity index (χ2n) is 5.47. The van der Waals surface area contributed by atoms with E-state index in [0.29, 0.717) is 20.1 Å². The number of rotatable bonds is 5. The van der Waals surface area contributed by atoms with Gasteiger partial charge in [0.1, 0.15) is 8.80 Å². The van der Waals surface area contributed by atoms with E-state index in [1.807, 2.05) is 36.8 Å². The molecule has 24 heavy (non-hydrogen) atoms. The van der Waals surface area contributed by atoms with Crippen molar-refractivity contribution in [2.45, 2.75) is 12.6 Å². The molecule has 0 saturated carbocycles. The molecule has 0 fully saturated rings. The molecule has 0 unspecified atom stereocenters. The summed E-state index contributed by atoms with van der Waals surface area (Å²) in [7, 11) is -1.64. The summed E-state index contributed by atoms with van der Waals surface area (Å²) < 4.78 is 2.06. The van der Waals surface area contributed by atoms with E-state index in [2.05, 4.69) is 9.55 Å². The van der Waals surface area contributed by atoms with E-state index in [0.717, 1.165) is 23.0 Å². The molecule has 2 aromatic carbocycles. The van der Waals surface area contributed by atoms with Gasteiger partial charge in [0.05, 0.1) is 6.33 Å². The quantitative estimate of drug-likeness (QED) is 0.559. The Bertz CT molecular complexity index is 785. The lowest BCUT2D eigenvalue weighted by Gasteiger charge is -2.20. The second kappa shape index (κ2) is 7.94. The highest BCUT2D eigenvalue weighted by atomic mass is 35.5. The van der Waals surface area contributed by atoms with Gasteiger partial charge < -0.3 is 4.57 Å². The van der Waals surface area contributed by atoms with Crippen LogP contribution < -0.4 is 10.4 Å². The van der Waals surface area contributed by atoms with Crippen molar-refractivity contribution in [2.24, 2.45) is 0 Å². The molecule has 3 aromatic rings. The number of aryl methyl sites for hydroxylation is 1. The summed E-state index contributed by atoms with van der Waals surface area (Å²) in [4.78, 5) is 4.10. The van der Waals surface area contributed by atoms with Gasteiger partial charge in [-0.1, -0.05) is 58.5 Å². The first kappa shape index (κ1) is 17.8. The number of benzene rings is 2. The van der Waals surface area contributed by atoms with E-state index in [4.69, 9.17) is 46.4 Å². The molecule has 0 amide bonds. The zero-order valence-corrected chi connectivity index (χ0v) is 16.8. The van der Waals surface area contributed by atoms with E-state index in [9.17, 15) is 0 Å². The van der Waals surface area contributed by atoms with Gasteiger partial charge in [0.2, 0.25) is 0 Å². The Morgan fingerprint density at radius 2 is 1.46 bits per heavy atom. The summed E-state index contributed by atoms with van der Waals surface area (Å²) in [5, 5.41) is 4.91. The Morgan fingerprint density at radius 1 is 0.875 bits per heavy atom. The van der Waals surface area contributed by atoms with Crippen LogP contribution in [0.5, 0.6) is 0 Å². The van der Waals surface area contributed by atoms with Gasteiger partial charge in [0.15, 0.2) is 0 Å². The molecule has 2 nitrogen and oxygen atoms in total. The first-order valence-electron chi connectivity index (χ1n) is 7.40. The predicted octanol–water partition coefficient (Wildman–Crippen LogP) is 4.54. The molecule has 7 heteroatoms. The Hall–Kier alpha value is -0.973. The van der Waals surface area contributed by atoms with E-state index in [1.165, 1.54) is 0 Å². The molecule has 0 atom stereocenters. The minimum Gasteiger partial charge on any atom is -0.338 e. The Labute approximate surface area is 162 Å². The van der Waals surface area contributed by atoms with Crippen LogP contribution in [-0.2, 0) is 6.54 Å². The number of nitrogens with zero attached hydrogens (tertiary/aromatic N) is 2. The lowest BCUT2D eigenvalue weighted by atomic mass is 10.3. The van der Waals surface area contributed by atoms with Crippen LogP contribution in [0, 0.1) is 0 Å². The van der Waals surface area contributed by atoms with Crippen molar-refractivity contribution in [2.75, 3.05) is 0 Å². The fraction of sp³-hybridized carbons (Fsp3) is 0.118. The third-order valence-corrected chi connectivity index (χ3v) is 8.75. The maximum atomic E-state index is 6.48. The average Bonchev–Trinajstić information content (AvgIpc) is 3.04. The summed E-state index contributed by atoms with van der Waals surface area (Å²) >= 11 is 25.1. The van der Waals surface area contributed by atoms with Crippen LogP contribution in [-0.4, -0.2) is 18.3 Å². The molecule has 0 aliphatic heterocycles. The summed E-state index contributed by atoms with van der Waals surface area (Å²) in [6.07, 6.45) is 5.55. The van der Waals surface area contributed by atoms with Gasteiger partial charge in [-0.05, 0) is 40.7 Å². The van der Waals surface area contributed by atoms with Crippen LogP contribution in [0.2, 0.25) is 26.1 Å². The molecule has 0 bridgehead atoms. The zero-order valence-electron chi connectivity index (χ0n) is 12.6. The Morgan fingerprint density at radius 3 is 1.92 bits per heavy atom. The van der Waals surface area contributed by atoms with Crippen molar-refractivity contribution in [3.63, 3.8) is 0 Å². The van der Waals surface area contributed by atoms with Gasteiger partial charge >= 0.3 is 0 Å². The van der Waals surface area contributed by atoms with Gasteiger partial charge in [-0.15, -0.1) is 0 Å². The van der Waals surface area contributed by atoms with Gasteiger partial charge in [-0.2, -0.15) is 0 Å². The standard InChI is InChI=1S/C17H14Cl4N2Si/c18-12-1-3-16(14(20)9-12)24(8-7-23-6-5-22-11-23)17-4-2-13(19)10-15(17)21/h1-6,9-11,24H,7-8H2. The Kier molecular flexibility index (Phi) is 5.90. The summed E-state index contributed by atoms with van der Waals surface area (Å²) in [6.45, 7) is 0.856. The van der Waals surface area contributed by atoms with Crippen LogP contribution in [0.1, 0.15) is 0 Å². The second-order valence-corrected chi connectivity index (χ2v) is 10.1. The first-order valence-corrected chi connectivity index (χ1v) is 10.9. The molecule has 0 aliphatic rings. The van der Waals surface area contributed by atoms with Crippen LogP contribution in [0.4, 0.5) is 0 Å². The summed E-state index contributed by atoms with van der Waals surface area (Å²) in [5.74, 6) is 0. The van der Waals surface area contributed by atoms with Crippen molar-refractivity contribution in [1.29, 1.82) is 0 Å². The van der Waals surface area contributed by atoms with Gasteiger partial charge in [0.25, 0.3) is 0 Å². The minimum atomic E-state index is -1.64. The monoisotopic (exact) mass is 414 g/mol. The lowest BCUT2D eigenvalue weighted by Crippen LogP contribution is -2.44. The highest BCUT2D eigenvalue weighted by Crippen LogP contribution is 2.19. The Balaban J connectivity index is 1.99. The van der Waals surface area contributed by atoms with Crippen molar-refractivity contribution in [3.05, 3.63) is 75.2 Å². The van der Waals surface area contributed by atoms with Crippen LogP contribution >= 0.6 is 46.4 Å². The molecule has 0 spiro atoms. The molecule has 0 radical (unpaired) electrons. The molecule has 0 saturated heterocycles. The van der Waals surface area contributed by atoms with Gasteiger partial charge in [-0.3, -0.25) is 0 Å². The van der Waals surface area contributed by atoms with Crippen LogP contribution in [0.3, 0.4) is 0 Å². The largest absolute Gasteiger partial charge is 0.338 e. The molecular formula is C17H14Cl4N2Si. The predicted molar refractivity (Wildman–Crippen MR) is 106 cm³/mol. The third kappa shape index (κ3) is 4.16. The normalized spacial score (nSPS) is 11.2. The zero-order chi connectivity index (χ0) is 17.1. The minimum absolute atomic E-state index is 0.633. The van der Waals surface area contributed by atoms with E-state index >= 15 is 0 Å². The number of hydrogen-bond acceptors (Lipinski definition) is 1. The molecule has 3 rings (SSSR count). The first-order chi connectivity index (χ1) is 11.5. The van der Waals surface area contributed by atoms with Crippen molar-refractivity contribution < 1.29 is 0 Å². The highest BCUT2D eigenvalue weighted by molar-refractivity contribution is 6.88. The van der Waals surface area contributed by atoms with E-state index in [1.54, 1.807) is 18.3 Å². The topological polar surface area (TPSA) is 17.8 Å². The van der Waals surface area contributed by atoms with Crippen LogP contribution in [0.25, 0.3) is 0 Å². The van der Waals surface area contributed by atoms with Gasteiger partial charge in [0, 0.05) is 39.0 Å². The summed E-state index contributed by atoms with van der Waals surface area (Å²) in [6, 6.07) is 12.3. The van der Waals surface area contributed by atoms with Crippen molar-refractivity contribution in [1.82, 2.24) is 9.55 Å². The molecule has 124 valence electrons. The maximum absolute atomic E-state index is 6.48. The molecule has 0 aliphatic carbocycles. The third-order valence-electron chi connectivity index (χ3n) is 3.91. The number of halogens is 4. The average molecular weight is 416 g/mol. The fourth-order valence-corrected chi connectivity index (χ4v) is 7.35. The van der Waals surface area contributed by atoms with Gasteiger partial charge in [-0.25, -0.2) is 4.98 Å². The summed E-state index contributed by atoms with van der Waals surface area (Å²) in [5.41, 5.74) is 0. The van der Waals surface area contributed by atoms with Crippen molar-refractivity contribution >= 4 is 65.6 Å². The number of imidazole rings is 1. The fourth-order valence-electron chi connectivity index (χ4n) is 2.74. The molecule has 1 heterocycles. The van der Waals surface area contributed by atoms with Crippen molar-refractivity contribution in [3.8, 4) is 0 Å². The SMILES string of the molecule is Clc1ccc([SiH](CCn2ccnc2)c2ccc(Cl)cc2Cl)c(Cl)c1. The van der Waals surface area contributed by atoms with Crippen LogP contribution in [0.15, 0.2) is 55.1 Å². The molecule has 1 aromatic heterocycles. The number of hydrogen-bond donors (Lipinski definition) is 0. The smallest absolute Gasteiger partial charge is 0.108 e. The van der Waals surface area contributed by atoms with E-state index in [-0.39, 0.29) is 0 Å². The highest BCUT2D eigenvalue weighted by Gasteiger charge is 2.22.